The lowest BCUT2D eigenvalue weighted by Crippen LogP contribution is -2.54. The number of barbiturate groups is 1. The summed E-state index contributed by atoms with van der Waals surface area (Å²) >= 11 is 5.96. The molecule has 5 rings (SSSR count). The van der Waals surface area contributed by atoms with Gasteiger partial charge in [-0.05, 0) is 52.7 Å². The van der Waals surface area contributed by atoms with Crippen LogP contribution in [0.4, 0.5) is 14.9 Å². The van der Waals surface area contributed by atoms with E-state index in [1.807, 2.05) is 42.5 Å². The van der Waals surface area contributed by atoms with Gasteiger partial charge in [0.25, 0.3) is 11.8 Å². The van der Waals surface area contributed by atoms with Crippen LogP contribution in [0.25, 0.3) is 16.8 Å². The lowest BCUT2D eigenvalue weighted by atomic mass is 9.99. The number of fused-ring (bicyclic) bond motifs is 1. The lowest BCUT2D eigenvalue weighted by Gasteiger charge is -2.26. The Labute approximate surface area is 210 Å². The van der Waals surface area contributed by atoms with Crippen LogP contribution in [-0.4, -0.2) is 17.8 Å². The van der Waals surface area contributed by atoms with E-state index in [0.717, 1.165) is 22.4 Å². The summed E-state index contributed by atoms with van der Waals surface area (Å²) in [4.78, 5) is 39.1. The molecule has 1 aliphatic rings. The molecule has 0 aromatic heterocycles. The Hall–Kier alpha value is -4.49. The van der Waals surface area contributed by atoms with Gasteiger partial charge in [0.15, 0.2) is 0 Å². The van der Waals surface area contributed by atoms with Gasteiger partial charge in [-0.3, -0.25) is 14.9 Å². The SMILES string of the molecule is O=C1NC(=O)N(c2ccccc2F)C(=O)/C1=C\c1c(OCc2ccc(Cl)cc2)ccc2ccccc12. The fourth-order valence-electron chi connectivity index (χ4n) is 3.95. The van der Waals surface area contributed by atoms with Crippen molar-refractivity contribution in [3.63, 3.8) is 0 Å². The minimum absolute atomic E-state index is 0.214. The molecule has 0 saturated carbocycles. The van der Waals surface area contributed by atoms with E-state index >= 15 is 0 Å². The van der Waals surface area contributed by atoms with Gasteiger partial charge in [0, 0.05) is 10.6 Å². The van der Waals surface area contributed by atoms with Gasteiger partial charge in [0.1, 0.15) is 23.7 Å². The van der Waals surface area contributed by atoms with Crippen LogP contribution in [-0.2, 0) is 16.2 Å². The number of carbonyl (C=O) groups is 3. The topological polar surface area (TPSA) is 75.7 Å². The quantitative estimate of drug-likeness (QED) is 0.274. The average molecular weight is 501 g/mol. The molecule has 0 unspecified atom stereocenters. The normalized spacial score (nSPS) is 14.9. The molecule has 6 nitrogen and oxygen atoms in total. The van der Waals surface area contributed by atoms with Gasteiger partial charge in [-0.15, -0.1) is 0 Å². The van der Waals surface area contributed by atoms with Crippen LogP contribution >= 0.6 is 11.6 Å². The maximum Gasteiger partial charge on any atom is 0.336 e. The van der Waals surface area contributed by atoms with Crippen LogP contribution in [0.1, 0.15) is 11.1 Å². The monoisotopic (exact) mass is 500 g/mol. The first kappa shape index (κ1) is 23.3. The summed E-state index contributed by atoms with van der Waals surface area (Å²) in [6.45, 7) is 0.214. The summed E-state index contributed by atoms with van der Waals surface area (Å²) in [6, 6.07) is 22.5. The maximum atomic E-state index is 14.4. The smallest absolute Gasteiger partial charge is 0.336 e. The van der Waals surface area contributed by atoms with Crippen LogP contribution in [0.3, 0.4) is 0 Å². The minimum Gasteiger partial charge on any atom is -0.488 e. The zero-order valence-electron chi connectivity index (χ0n) is 18.7. The lowest BCUT2D eigenvalue weighted by molar-refractivity contribution is -0.122. The number of benzene rings is 4. The second kappa shape index (κ2) is 9.64. The molecule has 1 fully saturated rings. The number of carbonyl (C=O) groups excluding carboxylic acids is 3. The third kappa shape index (κ3) is 4.44. The van der Waals surface area contributed by atoms with Gasteiger partial charge in [0.2, 0.25) is 0 Å². The van der Waals surface area contributed by atoms with Gasteiger partial charge in [0.05, 0.1) is 5.69 Å². The number of urea groups is 1. The van der Waals surface area contributed by atoms with Crippen LogP contribution in [0, 0.1) is 5.82 Å². The van der Waals surface area contributed by atoms with E-state index < -0.39 is 23.7 Å². The zero-order valence-corrected chi connectivity index (χ0v) is 19.5. The molecular formula is C28H18ClFN2O4. The Morgan fingerprint density at radius 3 is 2.39 bits per heavy atom. The highest BCUT2D eigenvalue weighted by atomic mass is 35.5. The third-order valence-electron chi connectivity index (χ3n) is 5.72. The number of imide groups is 2. The Bertz CT molecular complexity index is 1550. The number of para-hydroxylation sites is 1. The molecule has 1 heterocycles. The summed E-state index contributed by atoms with van der Waals surface area (Å²) in [5.74, 6) is -2.17. The molecule has 0 atom stereocenters. The first-order valence-electron chi connectivity index (χ1n) is 11.0. The first-order chi connectivity index (χ1) is 17.4. The van der Waals surface area contributed by atoms with Crippen molar-refractivity contribution >= 4 is 52.0 Å². The molecule has 8 heteroatoms. The van der Waals surface area contributed by atoms with Crippen molar-refractivity contribution in [1.29, 1.82) is 0 Å². The number of ether oxygens (including phenoxy) is 1. The highest BCUT2D eigenvalue weighted by Crippen LogP contribution is 2.32. The number of nitrogens with zero attached hydrogens (tertiary/aromatic N) is 1. The molecule has 1 saturated heterocycles. The van der Waals surface area contributed by atoms with E-state index in [0.29, 0.717) is 21.2 Å². The van der Waals surface area contributed by atoms with Gasteiger partial charge in [-0.1, -0.05) is 66.2 Å². The zero-order chi connectivity index (χ0) is 25.2. The van der Waals surface area contributed by atoms with Crippen molar-refractivity contribution < 1.29 is 23.5 Å². The van der Waals surface area contributed by atoms with Crippen molar-refractivity contribution in [2.45, 2.75) is 6.61 Å². The minimum atomic E-state index is -1.02. The molecular weight excluding hydrogens is 483 g/mol. The van der Waals surface area contributed by atoms with Crippen molar-refractivity contribution in [3.8, 4) is 5.75 Å². The van der Waals surface area contributed by atoms with Crippen molar-refractivity contribution in [3.05, 3.63) is 112 Å². The molecule has 178 valence electrons. The Balaban J connectivity index is 1.59. The Morgan fingerprint density at radius 2 is 1.61 bits per heavy atom. The van der Waals surface area contributed by atoms with Gasteiger partial charge < -0.3 is 4.74 Å². The predicted molar refractivity (Wildman–Crippen MR) is 135 cm³/mol. The fourth-order valence-corrected chi connectivity index (χ4v) is 4.07. The second-order valence-electron chi connectivity index (χ2n) is 8.02. The Morgan fingerprint density at radius 1 is 0.889 bits per heavy atom. The summed E-state index contributed by atoms with van der Waals surface area (Å²) in [6.07, 6.45) is 1.37. The summed E-state index contributed by atoms with van der Waals surface area (Å²) < 4.78 is 20.5. The van der Waals surface area contributed by atoms with Crippen LogP contribution in [0.5, 0.6) is 5.75 Å². The summed E-state index contributed by atoms with van der Waals surface area (Å²) in [5, 5.41) is 4.31. The van der Waals surface area contributed by atoms with Crippen molar-refractivity contribution in [2.75, 3.05) is 4.90 Å². The number of amides is 4. The fraction of sp³-hybridized carbons (Fsp3) is 0.0357. The van der Waals surface area contributed by atoms with Gasteiger partial charge in [-0.25, -0.2) is 14.1 Å². The van der Waals surface area contributed by atoms with E-state index in [2.05, 4.69) is 5.32 Å². The molecule has 0 aliphatic carbocycles. The highest BCUT2D eigenvalue weighted by Gasteiger charge is 2.38. The molecule has 36 heavy (non-hydrogen) atoms. The standard InChI is InChI=1S/C28H18ClFN2O4/c29-19-12-9-17(10-13-19)16-36-25-14-11-18-5-1-2-6-20(18)21(25)15-22-26(33)31-28(35)32(27(22)34)24-8-4-3-7-23(24)30/h1-15H,16H2,(H,31,33,35)/b22-15-. The summed E-state index contributed by atoms with van der Waals surface area (Å²) in [7, 11) is 0. The van der Waals surface area contributed by atoms with E-state index in [9.17, 15) is 18.8 Å². The number of halogens is 2. The summed E-state index contributed by atoms with van der Waals surface area (Å²) in [5.41, 5.74) is 0.762. The molecule has 0 radical (unpaired) electrons. The highest BCUT2D eigenvalue weighted by molar-refractivity contribution is 6.39. The Kier molecular flexibility index (Phi) is 6.23. The predicted octanol–water partition coefficient (Wildman–Crippen LogP) is 5.88. The number of hydrogen-bond donors (Lipinski definition) is 1. The molecule has 4 aromatic rings. The number of nitrogens with one attached hydrogen (secondary N) is 1. The van der Waals surface area contributed by atoms with Crippen LogP contribution in [0.2, 0.25) is 5.02 Å². The molecule has 1 N–H and O–H groups in total. The molecule has 4 amide bonds. The van der Waals surface area contributed by atoms with E-state index in [-0.39, 0.29) is 17.9 Å². The van der Waals surface area contributed by atoms with E-state index in [1.54, 1.807) is 18.2 Å². The number of anilines is 1. The molecule has 4 aromatic carbocycles. The van der Waals surface area contributed by atoms with Crippen LogP contribution in [0.15, 0.2) is 90.5 Å². The largest absolute Gasteiger partial charge is 0.488 e. The van der Waals surface area contributed by atoms with Crippen LogP contribution < -0.4 is 15.0 Å². The molecule has 0 spiro atoms. The number of hydrogen-bond acceptors (Lipinski definition) is 4. The average Bonchev–Trinajstić information content (AvgIpc) is 2.87. The van der Waals surface area contributed by atoms with E-state index in [4.69, 9.17) is 16.3 Å². The van der Waals surface area contributed by atoms with Gasteiger partial charge in [-0.2, -0.15) is 0 Å². The van der Waals surface area contributed by atoms with Gasteiger partial charge >= 0.3 is 6.03 Å². The first-order valence-corrected chi connectivity index (χ1v) is 11.3. The van der Waals surface area contributed by atoms with E-state index in [1.165, 1.54) is 24.3 Å². The third-order valence-corrected chi connectivity index (χ3v) is 5.97. The molecule has 1 aliphatic heterocycles. The van der Waals surface area contributed by atoms with Crippen molar-refractivity contribution in [1.82, 2.24) is 5.32 Å². The molecule has 0 bridgehead atoms. The maximum absolute atomic E-state index is 14.4. The number of rotatable bonds is 5. The van der Waals surface area contributed by atoms with Crippen molar-refractivity contribution in [2.24, 2.45) is 0 Å². The second-order valence-corrected chi connectivity index (χ2v) is 8.46.